The largest absolute Gasteiger partial charge is 0.366 e. The summed E-state index contributed by atoms with van der Waals surface area (Å²) in [6.07, 6.45) is 3.36. The molecule has 1 aromatic rings. The predicted molar refractivity (Wildman–Crippen MR) is 73.5 cm³/mol. The smallest absolute Gasteiger partial charge is 0.131 e. The first kappa shape index (κ1) is 14.6. The van der Waals surface area contributed by atoms with Crippen LogP contribution in [0.15, 0.2) is 46.1 Å². The topological polar surface area (TPSA) is 24.4 Å². The normalized spacial score (nSPS) is 11.9. The van der Waals surface area contributed by atoms with Crippen LogP contribution < -0.4 is 5.32 Å². The first-order valence-corrected chi connectivity index (χ1v) is 6.05. The van der Waals surface area contributed by atoms with E-state index in [1.807, 2.05) is 13.0 Å². The van der Waals surface area contributed by atoms with Gasteiger partial charge in [0, 0.05) is 22.8 Å². The van der Waals surface area contributed by atoms with Gasteiger partial charge in [-0.25, -0.2) is 13.8 Å². The molecule has 0 aliphatic carbocycles. The number of hydrogen-bond donors (Lipinski definition) is 1. The van der Waals surface area contributed by atoms with Crippen LogP contribution in [-0.2, 0) is 6.54 Å². The highest BCUT2D eigenvalue weighted by Crippen LogP contribution is 2.12. The summed E-state index contributed by atoms with van der Waals surface area (Å²) in [6.45, 7) is 5.48. The summed E-state index contributed by atoms with van der Waals surface area (Å²) < 4.78 is 27.4. The second-order valence-corrected chi connectivity index (χ2v) is 4.35. The molecule has 0 aromatic heterocycles. The minimum absolute atomic E-state index is 0.00212. The summed E-state index contributed by atoms with van der Waals surface area (Å²) in [5, 5.41) is 2.74. The Morgan fingerprint density at radius 2 is 2.06 bits per heavy atom. The fraction of sp³-hybridized carbons (Fsp3) is 0.154. The van der Waals surface area contributed by atoms with Crippen LogP contribution in [0.2, 0.25) is 0 Å². The van der Waals surface area contributed by atoms with E-state index in [9.17, 15) is 8.78 Å². The summed E-state index contributed by atoms with van der Waals surface area (Å²) in [6, 6.07) is 3.75. The minimum atomic E-state index is -0.589. The zero-order valence-corrected chi connectivity index (χ0v) is 11.5. The lowest BCUT2D eigenvalue weighted by molar-refractivity contribution is 0.546. The van der Waals surface area contributed by atoms with Crippen molar-refractivity contribution in [1.82, 2.24) is 5.32 Å². The molecule has 0 aliphatic heterocycles. The molecule has 0 spiro atoms. The number of hydrogen-bond acceptors (Lipinski definition) is 2. The molecule has 0 bridgehead atoms. The van der Waals surface area contributed by atoms with Gasteiger partial charge in [0.2, 0.25) is 0 Å². The summed E-state index contributed by atoms with van der Waals surface area (Å²) in [5.41, 5.74) is -0.0288. The molecule has 0 aliphatic rings. The molecule has 0 fully saturated rings. The first-order valence-electron chi connectivity index (χ1n) is 5.26. The third kappa shape index (κ3) is 4.41. The van der Waals surface area contributed by atoms with E-state index in [0.717, 1.165) is 4.48 Å². The van der Waals surface area contributed by atoms with Crippen molar-refractivity contribution in [3.63, 3.8) is 0 Å². The van der Waals surface area contributed by atoms with E-state index in [1.165, 1.54) is 18.2 Å². The highest BCUT2D eigenvalue weighted by molar-refractivity contribution is 9.12. The summed E-state index contributed by atoms with van der Waals surface area (Å²) in [7, 11) is 0. The van der Waals surface area contributed by atoms with Gasteiger partial charge in [-0.3, -0.25) is 0 Å². The monoisotopic (exact) mass is 314 g/mol. The van der Waals surface area contributed by atoms with E-state index in [4.69, 9.17) is 0 Å². The molecular weight excluding hydrogens is 302 g/mol. The van der Waals surface area contributed by atoms with E-state index in [1.54, 1.807) is 6.21 Å². The molecule has 1 aromatic carbocycles. The van der Waals surface area contributed by atoms with E-state index in [2.05, 4.69) is 32.8 Å². The maximum Gasteiger partial charge on any atom is 0.131 e. The Bertz CT molecular complexity index is 476. The molecule has 0 saturated heterocycles. The quantitative estimate of drug-likeness (QED) is 0.819. The van der Waals surface area contributed by atoms with Crippen LogP contribution in [0, 0.1) is 11.6 Å². The molecule has 0 atom stereocenters. The van der Waals surface area contributed by atoms with Crippen molar-refractivity contribution in [1.29, 1.82) is 0 Å². The van der Waals surface area contributed by atoms with Crippen LogP contribution in [-0.4, -0.2) is 6.21 Å². The fourth-order valence-corrected chi connectivity index (χ4v) is 1.25. The number of nitrogens with one attached hydrogen (secondary N) is 1. The van der Waals surface area contributed by atoms with Gasteiger partial charge in [-0.15, -0.1) is 0 Å². The number of aliphatic imine (C=N–C) groups is 1. The Morgan fingerprint density at radius 1 is 1.44 bits per heavy atom. The molecule has 2 nitrogen and oxygen atoms in total. The van der Waals surface area contributed by atoms with Crippen molar-refractivity contribution in [3.05, 3.63) is 58.4 Å². The molecule has 0 radical (unpaired) electrons. The maximum atomic E-state index is 13.3. The number of halogens is 3. The summed E-state index contributed by atoms with van der Waals surface area (Å²) in [5.74, 6) is -0.848. The second-order valence-electron chi connectivity index (χ2n) is 3.43. The Kier molecular flexibility index (Phi) is 5.71. The zero-order valence-electron chi connectivity index (χ0n) is 9.88. The third-order valence-corrected chi connectivity index (χ3v) is 2.81. The number of allylic oxidation sites excluding steroid dienone is 2. The molecule has 18 heavy (non-hydrogen) atoms. The van der Waals surface area contributed by atoms with Crippen LogP contribution in [0.5, 0.6) is 0 Å². The van der Waals surface area contributed by atoms with Crippen molar-refractivity contribution >= 4 is 22.1 Å². The minimum Gasteiger partial charge on any atom is -0.366 e. The highest BCUT2D eigenvalue weighted by atomic mass is 79.9. The number of benzene rings is 1. The van der Waals surface area contributed by atoms with Crippen molar-refractivity contribution in [2.75, 3.05) is 0 Å². The zero-order chi connectivity index (χ0) is 13.5. The molecule has 1 N–H and O–H groups in total. The van der Waals surface area contributed by atoms with Gasteiger partial charge in [0.05, 0.1) is 0 Å². The van der Waals surface area contributed by atoms with Crippen LogP contribution in [0.1, 0.15) is 12.5 Å². The standard InChI is InChI=1S/C13H13BrF2N2/c1-3-10(14)7-17-9(2)18-8-11-12(15)5-4-6-13(11)16/h3-7,18H,2,8H2,1H3/b10-3+,17-7-. The molecular formula is C13H13BrF2N2. The van der Waals surface area contributed by atoms with Gasteiger partial charge in [0.15, 0.2) is 0 Å². The van der Waals surface area contributed by atoms with Gasteiger partial charge >= 0.3 is 0 Å². The van der Waals surface area contributed by atoms with Gasteiger partial charge < -0.3 is 5.32 Å². The van der Waals surface area contributed by atoms with Crippen molar-refractivity contribution in [3.8, 4) is 0 Å². The average Bonchev–Trinajstić information content (AvgIpc) is 2.35. The lowest BCUT2D eigenvalue weighted by atomic mass is 10.2. The van der Waals surface area contributed by atoms with Crippen molar-refractivity contribution < 1.29 is 8.78 Å². The molecule has 0 amide bonds. The Labute approximate surface area is 113 Å². The highest BCUT2D eigenvalue weighted by Gasteiger charge is 2.07. The number of nitrogens with zero attached hydrogens (tertiary/aromatic N) is 1. The predicted octanol–water partition coefficient (Wildman–Crippen LogP) is 3.90. The van der Waals surface area contributed by atoms with Gasteiger partial charge in [-0.2, -0.15) is 0 Å². The molecule has 0 saturated carbocycles. The van der Waals surface area contributed by atoms with E-state index in [0.29, 0.717) is 5.82 Å². The van der Waals surface area contributed by atoms with Gasteiger partial charge in [0.1, 0.15) is 17.5 Å². The van der Waals surface area contributed by atoms with Crippen LogP contribution in [0.4, 0.5) is 8.78 Å². The van der Waals surface area contributed by atoms with Crippen molar-refractivity contribution in [2.45, 2.75) is 13.5 Å². The van der Waals surface area contributed by atoms with Crippen molar-refractivity contribution in [2.24, 2.45) is 4.99 Å². The second kappa shape index (κ2) is 7.06. The van der Waals surface area contributed by atoms with E-state index >= 15 is 0 Å². The SMILES string of the molecule is C=C(/N=C\C(Br)=C/C)NCc1c(F)cccc1F. The van der Waals surface area contributed by atoms with Gasteiger partial charge in [-0.05, 0) is 35.0 Å². The maximum absolute atomic E-state index is 13.3. The van der Waals surface area contributed by atoms with Crippen LogP contribution in [0.25, 0.3) is 0 Å². The van der Waals surface area contributed by atoms with Crippen LogP contribution >= 0.6 is 15.9 Å². The van der Waals surface area contributed by atoms with Crippen LogP contribution in [0.3, 0.4) is 0 Å². The van der Waals surface area contributed by atoms with E-state index in [-0.39, 0.29) is 12.1 Å². The molecule has 0 heterocycles. The first-order chi connectivity index (χ1) is 8.54. The Balaban J connectivity index is 2.61. The Morgan fingerprint density at radius 3 is 2.61 bits per heavy atom. The molecule has 5 heteroatoms. The molecule has 96 valence electrons. The van der Waals surface area contributed by atoms with Gasteiger partial charge in [0.25, 0.3) is 0 Å². The Hall–Kier alpha value is -1.49. The molecule has 0 unspecified atom stereocenters. The number of rotatable bonds is 5. The third-order valence-electron chi connectivity index (χ3n) is 2.15. The fourth-order valence-electron chi connectivity index (χ4n) is 1.15. The lowest BCUT2D eigenvalue weighted by Gasteiger charge is -2.07. The van der Waals surface area contributed by atoms with E-state index < -0.39 is 11.6 Å². The summed E-state index contributed by atoms with van der Waals surface area (Å²) in [4.78, 5) is 3.98. The average molecular weight is 315 g/mol. The van der Waals surface area contributed by atoms with Gasteiger partial charge in [-0.1, -0.05) is 18.7 Å². The summed E-state index contributed by atoms with van der Waals surface area (Å²) >= 11 is 3.25. The lowest BCUT2D eigenvalue weighted by Crippen LogP contribution is -2.13. The molecule has 1 rings (SSSR count).